The lowest BCUT2D eigenvalue weighted by Gasteiger charge is -2.03. The van der Waals surface area contributed by atoms with Crippen molar-refractivity contribution in [2.75, 3.05) is 7.11 Å². The quantitative estimate of drug-likeness (QED) is 0.664. The van der Waals surface area contributed by atoms with Crippen molar-refractivity contribution in [1.82, 2.24) is 0 Å². The lowest BCUT2D eigenvalue weighted by Crippen LogP contribution is -2.00. The molecular weight excluding hydrogens is 307 g/mol. The zero-order chi connectivity index (χ0) is 10.1. The van der Waals surface area contributed by atoms with Gasteiger partial charge in [-0.05, 0) is 40.8 Å². The van der Waals surface area contributed by atoms with E-state index in [1.807, 2.05) is 22.6 Å². The highest BCUT2D eigenvalue weighted by Crippen LogP contribution is 2.22. The summed E-state index contributed by atoms with van der Waals surface area (Å²) in [5.74, 6) is 0.553. The molecule has 0 aliphatic rings. The Kier molecular flexibility index (Phi) is 3.14. The van der Waals surface area contributed by atoms with Crippen LogP contribution in [0.3, 0.4) is 0 Å². The summed E-state index contributed by atoms with van der Waals surface area (Å²) in [7, 11) is -2.64. The molecule has 0 fully saturated rings. The fourth-order valence-electron chi connectivity index (χ4n) is 0.818. The van der Waals surface area contributed by atoms with Crippen molar-refractivity contribution in [3.8, 4) is 5.75 Å². The molecule has 0 unspecified atom stereocenters. The molecule has 0 atom stereocenters. The maximum Gasteiger partial charge on any atom is 0.295 e. The molecule has 0 spiro atoms. The molecule has 0 radical (unpaired) electrons. The van der Waals surface area contributed by atoms with Gasteiger partial charge in [-0.25, -0.2) is 0 Å². The number of hydrogen-bond acceptors (Lipinski definition) is 3. The fraction of sp³-hybridized carbons (Fsp3) is 0.143. The first-order valence-corrected chi connectivity index (χ1v) is 5.78. The molecule has 0 aliphatic carbocycles. The largest absolute Gasteiger partial charge is 0.497 e. The minimum atomic E-state index is -4.12. The van der Waals surface area contributed by atoms with E-state index in [-0.39, 0.29) is 4.90 Å². The minimum absolute atomic E-state index is 0.103. The van der Waals surface area contributed by atoms with Gasteiger partial charge in [0.15, 0.2) is 0 Å². The third kappa shape index (κ3) is 2.55. The van der Waals surface area contributed by atoms with Gasteiger partial charge < -0.3 is 4.74 Å². The smallest absolute Gasteiger partial charge is 0.295 e. The maximum atomic E-state index is 10.8. The second kappa shape index (κ2) is 3.81. The normalized spacial score (nSPS) is 11.3. The lowest BCUT2D eigenvalue weighted by atomic mass is 10.3. The highest BCUT2D eigenvalue weighted by Gasteiger charge is 2.13. The van der Waals surface area contributed by atoms with Crippen LogP contribution in [0.25, 0.3) is 0 Å². The third-order valence-electron chi connectivity index (χ3n) is 1.42. The molecule has 0 aromatic heterocycles. The van der Waals surface area contributed by atoms with Gasteiger partial charge in [-0.3, -0.25) is 4.55 Å². The number of hydrogen-bond donors (Lipinski definition) is 1. The molecule has 13 heavy (non-hydrogen) atoms. The van der Waals surface area contributed by atoms with Gasteiger partial charge in [0, 0.05) is 3.57 Å². The van der Waals surface area contributed by atoms with Crippen molar-refractivity contribution >= 4 is 32.7 Å². The van der Waals surface area contributed by atoms with Gasteiger partial charge in [-0.2, -0.15) is 8.42 Å². The van der Waals surface area contributed by atoms with E-state index in [0.29, 0.717) is 9.32 Å². The molecule has 1 aromatic carbocycles. The summed E-state index contributed by atoms with van der Waals surface area (Å²) in [6.45, 7) is 0. The standard InChI is InChI=1S/C7H7IO4S/c1-12-5-2-3-7(6(8)4-5)13(9,10)11/h2-4H,1H3,(H,9,10,11). The van der Waals surface area contributed by atoms with Crippen LogP contribution >= 0.6 is 22.6 Å². The SMILES string of the molecule is COc1ccc(S(=O)(=O)O)c(I)c1. The Morgan fingerprint density at radius 1 is 1.46 bits per heavy atom. The monoisotopic (exact) mass is 314 g/mol. The Hall–Kier alpha value is -0.340. The second-order valence-electron chi connectivity index (χ2n) is 2.27. The van der Waals surface area contributed by atoms with Crippen LogP contribution in [-0.4, -0.2) is 20.1 Å². The van der Waals surface area contributed by atoms with Gasteiger partial charge in [-0.15, -0.1) is 0 Å². The summed E-state index contributed by atoms with van der Waals surface area (Å²) in [6.07, 6.45) is 0. The summed E-state index contributed by atoms with van der Waals surface area (Å²) in [5, 5.41) is 0. The molecule has 0 bridgehead atoms. The fourth-order valence-corrected chi connectivity index (χ4v) is 2.68. The maximum absolute atomic E-state index is 10.8. The van der Waals surface area contributed by atoms with Crippen molar-refractivity contribution in [2.24, 2.45) is 0 Å². The molecule has 0 saturated heterocycles. The van der Waals surface area contributed by atoms with Crippen LogP contribution in [-0.2, 0) is 10.1 Å². The molecule has 1 rings (SSSR count). The summed E-state index contributed by atoms with van der Waals surface area (Å²) in [4.78, 5) is -0.103. The summed E-state index contributed by atoms with van der Waals surface area (Å²) >= 11 is 1.82. The van der Waals surface area contributed by atoms with Crippen LogP contribution < -0.4 is 4.74 Å². The van der Waals surface area contributed by atoms with Crippen LogP contribution in [0.2, 0.25) is 0 Å². The van der Waals surface area contributed by atoms with Crippen LogP contribution in [0.15, 0.2) is 23.1 Å². The molecule has 6 heteroatoms. The molecule has 1 aromatic rings. The average Bonchev–Trinajstić information content (AvgIpc) is 2.01. The van der Waals surface area contributed by atoms with E-state index in [2.05, 4.69) is 0 Å². The zero-order valence-electron chi connectivity index (χ0n) is 6.69. The number of methoxy groups -OCH3 is 1. The summed E-state index contributed by atoms with van der Waals surface area (Å²) < 4.78 is 35.6. The first-order valence-electron chi connectivity index (χ1n) is 3.26. The lowest BCUT2D eigenvalue weighted by molar-refractivity contribution is 0.414. The highest BCUT2D eigenvalue weighted by molar-refractivity contribution is 14.1. The van der Waals surface area contributed by atoms with Crippen molar-refractivity contribution in [3.63, 3.8) is 0 Å². The van der Waals surface area contributed by atoms with Gasteiger partial charge in [0.1, 0.15) is 10.6 Å². The van der Waals surface area contributed by atoms with Gasteiger partial charge in [0.25, 0.3) is 10.1 Å². The number of halogens is 1. The Morgan fingerprint density at radius 2 is 2.08 bits per heavy atom. The Balaban J connectivity index is 3.29. The number of rotatable bonds is 2. The number of ether oxygens (including phenoxy) is 1. The van der Waals surface area contributed by atoms with Crippen molar-refractivity contribution < 1.29 is 17.7 Å². The van der Waals surface area contributed by atoms with Crippen LogP contribution in [0.4, 0.5) is 0 Å². The highest BCUT2D eigenvalue weighted by atomic mass is 127. The Morgan fingerprint density at radius 3 is 2.46 bits per heavy atom. The van der Waals surface area contributed by atoms with Gasteiger partial charge in [0.05, 0.1) is 7.11 Å². The average molecular weight is 314 g/mol. The predicted octanol–water partition coefficient (Wildman–Crippen LogP) is 1.55. The van der Waals surface area contributed by atoms with Gasteiger partial charge in [-0.1, -0.05) is 0 Å². The summed E-state index contributed by atoms with van der Waals surface area (Å²) in [5.41, 5.74) is 0. The first-order chi connectivity index (χ1) is 5.95. The van der Waals surface area contributed by atoms with E-state index < -0.39 is 10.1 Å². The zero-order valence-corrected chi connectivity index (χ0v) is 9.66. The predicted molar refractivity (Wildman–Crippen MR) is 55.5 cm³/mol. The molecule has 0 amide bonds. The van der Waals surface area contributed by atoms with Gasteiger partial charge >= 0.3 is 0 Å². The van der Waals surface area contributed by atoms with Gasteiger partial charge in [0.2, 0.25) is 0 Å². The van der Waals surface area contributed by atoms with E-state index in [9.17, 15) is 8.42 Å². The Bertz CT molecular complexity index is 413. The topological polar surface area (TPSA) is 63.6 Å². The van der Waals surface area contributed by atoms with Crippen molar-refractivity contribution in [3.05, 3.63) is 21.8 Å². The van der Waals surface area contributed by atoms with E-state index in [1.165, 1.54) is 25.3 Å². The molecule has 1 N–H and O–H groups in total. The molecule has 4 nitrogen and oxygen atoms in total. The van der Waals surface area contributed by atoms with Crippen LogP contribution in [0.5, 0.6) is 5.75 Å². The number of benzene rings is 1. The third-order valence-corrected chi connectivity index (χ3v) is 3.59. The second-order valence-corrected chi connectivity index (χ2v) is 4.82. The Labute approximate surface area is 89.8 Å². The first kappa shape index (κ1) is 10.7. The van der Waals surface area contributed by atoms with Crippen molar-refractivity contribution in [2.45, 2.75) is 4.90 Å². The molecule has 0 saturated carbocycles. The summed E-state index contributed by atoms with van der Waals surface area (Å²) in [6, 6.07) is 4.31. The van der Waals surface area contributed by atoms with Crippen LogP contribution in [0.1, 0.15) is 0 Å². The van der Waals surface area contributed by atoms with E-state index >= 15 is 0 Å². The van der Waals surface area contributed by atoms with Crippen molar-refractivity contribution in [1.29, 1.82) is 0 Å². The van der Waals surface area contributed by atoms with E-state index in [1.54, 1.807) is 0 Å². The molecule has 0 heterocycles. The molecule has 72 valence electrons. The van der Waals surface area contributed by atoms with Crippen LogP contribution in [0, 0.1) is 3.57 Å². The molecular formula is C7H7IO4S. The van der Waals surface area contributed by atoms with E-state index in [0.717, 1.165) is 0 Å². The molecule has 0 aliphatic heterocycles. The van der Waals surface area contributed by atoms with E-state index in [4.69, 9.17) is 9.29 Å². The minimum Gasteiger partial charge on any atom is -0.497 e.